The second kappa shape index (κ2) is 11.0. The van der Waals surface area contributed by atoms with Crippen molar-refractivity contribution in [1.29, 1.82) is 0 Å². The lowest BCUT2D eigenvalue weighted by atomic mass is 10.1. The van der Waals surface area contributed by atoms with Crippen LogP contribution in [0.1, 0.15) is 24.5 Å². The maximum atomic E-state index is 5.62. The molecule has 0 amide bonds. The predicted molar refractivity (Wildman–Crippen MR) is 107 cm³/mol. The molecule has 0 aliphatic carbocycles. The van der Waals surface area contributed by atoms with Gasteiger partial charge >= 0.3 is 0 Å². The maximum Gasteiger partial charge on any atom is 0.191 e. The van der Waals surface area contributed by atoms with Crippen LogP contribution in [-0.2, 0) is 13.0 Å². The van der Waals surface area contributed by atoms with Crippen molar-refractivity contribution in [3.63, 3.8) is 0 Å². The van der Waals surface area contributed by atoms with Gasteiger partial charge in [-0.15, -0.1) is 0 Å². The number of nitrogens with one attached hydrogen (secondary N) is 2. The van der Waals surface area contributed by atoms with Gasteiger partial charge in [-0.3, -0.25) is 4.99 Å². The van der Waals surface area contributed by atoms with Crippen molar-refractivity contribution < 1.29 is 9.47 Å². The third-order valence-electron chi connectivity index (χ3n) is 3.99. The molecule has 2 aromatic carbocycles. The molecule has 0 radical (unpaired) electrons. The van der Waals surface area contributed by atoms with Crippen LogP contribution in [0.2, 0.25) is 0 Å². The minimum absolute atomic E-state index is 0.609. The van der Waals surface area contributed by atoms with Crippen molar-refractivity contribution in [3.8, 4) is 11.5 Å². The summed E-state index contributed by atoms with van der Waals surface area (Å²) in [4.78, 5) is 4.28. The highest BCUT2D eigenvalue weighted by atomic mass is 16.5. The molecule has 140 valence electrons. The first-order valence-corrected chi connectivity index (χ1v) is 9.05. The van der Waals surface area contributed by atoms with Gasteiger partial charge in [-0.05, 0) is 43.0 Å². The van der Waals surface area contributed by atoms with E-state index in [2.05, 4.69) is 39.9 Å². The molecule has 0 aliphatic heterocycles. The summed E-state index contributed by atoms with van der Waals surface area (Å²) < 4.78 is 10.9. The first kappa shape index (κ1) is 19.6. The van der Waals surface area contributed by atoms with Crippen molar-refractivity contribution in [1.82, 2.24) is 10.6 Å². The molecule has 5 nitrogen and oxygen atoms in total. The summed E-state index contributed by atoms with van der Waals surface area (Å²) in [5.41, 5.74) is 2.47. The molecule has 5 heteroatoms. The van der Waals surface area contributed by atoms with E-state index in [-0.39, 0.29) is 0 Å². The Balaban J connectivity index is 1.78. The van der Waals surface area contributed by atoms with Gasteiger partial charge < -0.3 is 20.1 Å². The molecule has 0 heterocycles. The molecule has 0 unspecified atom stereocenters. The summed E-state index contributed by atoms with van der Waals surface area (Å²) in [6.07, 6.45) is 2.11. The van der Waals surface area contributed by atoms with E-state index in [0.29, 0.717) is 13.2 Å². The van der Waals surface area contributed by atoms with E-state index in [1.54, 1.807) is 14.2 Å². The molecule has 2 rings (SSSR count). The number of benzene rings is 2. The van der Waals surface area contributed by atoms with Crippen LogP contribution in [0.5, 0.6) is 11.5 Å². The number of guanidine groups is 1. The monoisotopic (exact) mass is 355 g/mol. The van der Waals surface area contributed by atoms with E-state index in [1.165, 1.54) is 5.56 Å². The van der Waals surface area contributed by atoms with Crippen LogP contribution in [0.4, 0.5) is 0 Å². The minimum atomic E-state index is 0.609. The van der Waals surface area contributed by atoms with Crippen molar-refractivity contribution in [2.24, 2.45) is 4.99 Å². The molecule has 26 heavy (non-hydrogen) atoms. The van der Waals surface area contributed by atoms with Gasteiger partial charge in [0.15, 0.2) is 17.5 Å². The molecular weight excluding hydrogens is 326 g/mol. The van der Waals surface area contributed by atoms with Gasteiger partial charge in [-0.1, -0.05) is 36.4 Å². The summed E-state index contributed by atoms with van der Waals surface area (Å²) in [7, 11) is 3.43. The summed E-state index contributed by atoms with van der Waals surface area (Å²) in [5.74, 6) is 2.31. The molecule has 0 bridgehead atoms. The molecular formula is C21H29N3O2. The van der Waals surface area contributed by atoms with Crippen LogP contribution in [0, 0.1) is 0 Å². The molecule has 0 aromatic heterocycles. The lowest BCUT2D eigenvalue weighted by molar-refractivity contribution is 0.310. The van der Waals surface area contributed by atoms with Gasteiger partial charge in [0.05, 0.1) is 13.7 Å². The summed E-state index contributed by atoms with van der Waals surface area (Å²) in [6.45, 7) is 4.12. The molecule has 2 aromatic rings. The van der Waals surface area contributed by atoms with Gasteiger partial charge in [-0.2, -0.15) is 0 Å². The van der Waals surface area contributed by atoms with E-state index >= 15 is 0 Å². The Morgan fingerprint density at radius 3 is 2.50 bits per heavy atom. The minimum Gasteiger partial charge on any atom is -0.493 e. The zero-order valence-electron chi connectivity index (χ0n) is 15.9. The van der Waals surface area contributed by atoms with Crippen LogP contribution >= 0.6 is 0 Å². The van der Waals surface area contributed by atoms with E-state index in [9.17, 15) is 0 Å². The average molecular weight is 355 g/mol. The summed E-state index contributed by atoms with van der Waals surface area (Å²) in [5, 5.41) is 6.69. The van der Waals surface area contributed by atoms with Gasteiger partial charge in [0.25, 0.3) is 0 Å². The Bertz CT molecular complexity index is 687. The van der Waals surface area contributed by atoms with Crippen molar-refractivity contribution in [2.75, 3.05) is 27.3 Å². The first-order valence-electron chi connectivity index (χ1n) is 9.05. The highest BCUT2D eigenvalue weighted by Crippen LogP contribution is 2.27. The number of ether oxygens (including phenoxy) is 2. The van der Waals surface area contributed by atoms with Gasteiger partial charge in [0, 0.05) is 20.1 Å². The zero-order valence-corrected chi connectivity index (χ0v) is 15.9. The maximum absolute atomic E-state index is 5.62. The Morgan fingerprint density at radius 1 is 1.00 bits per heavy atom. The predicted octanol–water partition coefficient (Wildman–Crippen LogP) is 3.39. The van der Waals surface area contributed by atoms with Crippen molar-refractivity contribution in [3.05, 3.63) is 59.7 Å². The topological polar surface area (TPSA) is 54.9 Å². The number of aryl methyl sites for hydroxylation is 1. The third kappa shape index (κ3) is 6.31. The van der Waals surface area contributed by atoms with Crippen LogP contribution in [0.3, 0.4) is 0 Å². The summed E-state index contributed by atoms with van der Waals surface area (Å²) >= 11 is 0. The number of hydrogen-bond acceptors (Lipinski definition) is 3. The molecule has 0 aliphatic rings. The number of rotatable bonds is 9. The Kier molecular flexibility index (Phi) is 8.33. The van der Waals surface area contributed by atoms with Crippen LogP contribution < -0.4 is 20.1 Å². The van der Waals surface area contributed by atoms with E-state index < -0.39 is 0 Å². The normalized spacial score (nSPS) is 11.1. The van der Waals surface area contributed by atoms with E-state index in [0.717, 1.165) is 42.4 Å². The van der Waals surface area contributed by atoms with E-state index in [1.807, 2.05) is 31.2 Å². The molecule has 2 N–H and O–H groups in total. The smallest absolute Gasteiger partial charge is 0.191 e. The molecule has 0 fully saturated rings. The van der Waals surface area contributed by atoms with Gasteiger partial charge in [0.1, 0.15) is 0 Å². The second-order valence-electron chi connectivity index (χ2n) is 5.86. The van der Waals surface area contributed by atoms with Crippen LogP contribution in [0.15, 0.2) is 53.5 Å². The Morgan fingerprint density at radius 2 is 1.81 bits per heavy atom. The lowest BCUT2D eigenvalue weighted by Gasteiger charge is -2.14. The second-order valence-corrected chi connectivity index (χ2v) is 5.86. The lowest BCUT2D eigenvalue weighted by Crippen LogP contribution is -2.37. The fourth-order valence-electron chi connectivity index (χ4n) is 2.65. The largest absolute Gasteiger partial charge is 0.493 e. The number of methoxy groups -OCH3 is 1. The van der Waals surface area contributed by atoms with Gasteiger partial charge in [-0.25, -0.2) is 0 Å². The average Bonchev–Trinajstić information content (AvgIpc) is 2.68. The first-order chi connectivity index (χ1) is 12.8. The van der Waals surface area contributed by atoms with Crippen molar-refractivity contribution in [2.45, 2.75) is 26.3 Å². The molecule has 0 saturated carbocycles. The number of hydrogen-bond donors (Lipinski definition) is 2. The highest BCUT2D eigenvalue weighted by Gasteiger charge is 2.06. The molecule has 0 spiro atoms. The molecule has 0 saturated heterocycles. The standard InChI is InChI=1S/C21H29N3O2/c1-4-26-20-15-18(12-13-19(20)25-3)16-24-21(22-2)23-14-8-11-17-9-6-5-7-10-17/h5-7,9-10,12-13,15H,4,8,11,14,16H2,1-3H3,(H2,22,23,24). The fourth-order valence-corrected chi connectivity index (χ4v) is 2.65. The third-order valence-corrected chi connectivity index (χ3v) is 3.99. The number of nitrogens with zero attached hydrogens (tertiary/aromatic N) is 1. The van der Waals surface area contributed by atoms with E-state index in [4.69, 9.17) is 9.47 Å². The van der Waals surface area contributed by atoms with Crippen LogP contribution in [0.25, 0.3) is 0 Å². The number of aliphatic imine (C=N–C) groups is 1. The quantitative estimate of drug-likeness (QED) is 0.411. The fraction of sp³-hybridized carbons (Fsp3) is 0.381. The molecule has 0 atom stereocenters. The highest BCUT2D eigenvalue weighted by molar-refractivity contribution is 5.79. The summed E-state index contributed by atoms with van der Waals surface area (Å²) in [6, 6.07) is 16.5. The Labute approximate surface area is 156 Å². The Hall–Kier alpha value is -2.69. The SMILES string of the molecule is CCOc1cc(CNC(=NC)NCCCc2ccccc2)ccc1OC. The zero-order chi connectivity index (χ0) is 18.6. The van der Waals surface area contributed by atoms with Crippen molar-refractivity contribution >= 4 is 5.96 Å². The van der Waals surface area contributed by atoms with Crippen LogP contribution in [-0.4, -0.2) is 33.3 Å². The van der Waals surface area contributed by atoms with Gasteiger partial charge in [0.2, 0.25) is 0 Å².